The summed E-state index contributed by atoms with van der Waals surface area (Å²) in [5.41, 5.74) is 5.84. The quantitative estimate of drug-likeness (QED) is 0.779. The maximum atomic E-state index is 12.5. The molecular weight excluding hydrogens is 319 g/mol. The molecule has 0 saturated carbocycles. The van der Waals surface area contributed by atoms with Crippen LogP contribution in [0, 0.1) is 0 Å². The average molecular weight is 335 g/mol. The number of carbonyl (C=O) groups is 1. The first-order valence-corrected chi connectivity index (χ1v) is 7.13. The standard InChI is InChI=1S/C13H16Cl2N2O2S/c1-19-7-6-17(5-4-12(16)20)13(18)10-8-9(14)2-3-11(10)15/h2-3,8H,4-7H2,1H3,(H2,16,20). The number of hydrogen-bond acceptors (Lipinski definition) is 3. The van der Waals surface area contributed by atoms with E-state index in [9.17, 15) is 4.79 Å². The van der Waals surface area contributed by atoms with Gasteiger partial charge in [-0.15, -0.1) is 0 Å². The molecule has 0 aliphatic heterocycles. The summed E-state index contributed by atoms with van der Waals surface area (Å²) in [6.45, 7) is 1.27. The van der Waals surface area contributed by atoms with Gasteiger partial charge in [0.1, 0.15) is 0 Å². The van der Waals surface area contributed by atoms with E-state index in [2.05, 4.69) is 0 Å². The molecule has 4 nitrogen and oxygen atoms in total. The van der Waals surface area contributed by atoms with Crippen LogP contribution in [0.5, 0.6) is 0 Å². The molecule has 0 bridgehead atoms. The van der Waals surface area contributed by atoms with Gasteiger partial charge in [0.25, 0.3) is 5.91 Å². The van der Waals surface area contributed by atoms with E-state index in [-0.39, 0.29) is 5.91 Å². The van der Waals surface area contributed by atoms with E-state index >= 15 is 0 Å². The van der Waals surface area contributed by atoms with Crippen molar-refractivity contribution in [1.82, 2.24) is 4.90 Å². The summed E-state index contributed by atoms with van der Waals surface area (Å²) in [7, 11) is 1.57. The predicted octanol–water partition coefficient (Wildman–Crippen LogP) is 2.76. The topological polar surface area (TPSA) is 55.6 Å². The fourth-order valence-corrected chi connectivity index (χ4v) is 2.06. The summed E-state index contributed by atoms with van der Waals surface area (Å²) < 4.78 is 5.00. The maximum Gasteiger partial charge on any atom is 0.255 e. The minimum Gasteiger partial charge on any atom is -0.393 e. The molecule has 1 amide bonds. The van der Waals surface area contributed by atoms with E-state index in [1.165, 1.54) is 0 Å². The van der Waals surface area contributed by atoms with E-state index < -0.39 is 0 Å². The van der Waals surface area contributed by atoms with Crippen molar-refractivity contribution in [3.05, 3.63) is 33.8 Å². The maximum absolute atomic E-state index is 12.5. The summed E-state index contributed by atoms with van der Waals surface area (Å²) in [6.07, 6.45) is 0.447. The van der Waals surface area contributed by atoms with Crippen molar-refractivity contribution in [2.24, 2.45) is 5.73 Å². The Morgan fingerprint density at radius 2 is 2.10 bits per heavy atom. The highest BCUT2D eigenvalue weighted by atomic mass is 35.5. The lowest BCUT2D eigenvalue weighted by Crippen LogP contribution is -2.36. The van der Waals surface area contributed by atoms with Crippen molar-refractivity contribution in [2.75, 3.05) is 26.8 Å². The number of benzene rings is 1. The van der Waals surface area contributed by atoms with E-state index in [1.807, 2.05) is 0 Å². The molecule has 1 aromatic rings. The number of rotatable bonds is 7. The SMILES string of the molecule is COCCN(CCC(N)=S)C(=O)c1cc(Cl)ccc1Cl. The van der Waals surface area contributed by atoms with Crippen molar-refractivity contribution in [1.29, 1.82) is 0 Å². The molecule has 0 aliphatic rings. The number of amides is 1. The number of nitrogens with two attached hydrogens (primary N) is 1. The van der Waals surface area contributed by atoms with Crippen LogP contribution in [0.1, 0.15) is 16.8 Å². The van der Waals surface area contributed by atoms with Crippen LogP contribution >= 0.6 is 35.4 Å². The summed E-state index contributed by atoms with van der Waals surface area (Å²) in [5, 5.41) is 0.816. The monoisotopic (exact) mass is 334 g/mol. The molecule has 1 rings (SSSR count). The fraction of sp³-hybridized carbons (Fsp3) is 0.385. The van der Waals surface area contributed by atoms with Gasteiger partial charge in [0.05, 0.1) is 22.2 Å². The number of nitrogens with zero attached hydrogens (tertiary/aromatic N) is 1. The van der Waals surface area contributed by atoms with Crippen molar-refractivity contribution in [3.63, 3.8) is 0 Å². The van der Waals surface area contributed by atoms with Gasteiger partial charge in [-0.05, 0) is 18.2 Å². The Labute approximate surface area is 133 Å². The molecule has 0 unspecified atom stereocenters. The lowest BCUT2D eigenvalue weighted by atomic mass is 10.2. The lowest BCUT2D eigenvalue weighted by molar-refractivity contribution is 0.0701. The molecular formula is C13H16Cl2N2O2S. The Morgan fingerprint density at radius 1 is 1.40 bits per heavy atom. The second kappa shape index (κ2) is 8.42. The highest BCUT2D eigenvalue weighted by Crippen LogP contribution is 2.22. The van der Waals surface area contributed by atoms with Crippen LogP contribution in [-0.4, -0.2) is 42.6 Å². The van der Waals surface area contributed by atoms with Crippen LogP contribution in [0.15, 0.2) is 18.2 Å². The zero-order valence-corrected chi connectivity index (χ0v) is 13.4. The molecule has 0 saturated heterocycles. The zero-order chi connectivity index (χ0) is 15.1. The first-order chi connectivity index (χ1) is 9.45. The van der Waals surface area contributed by atoms with Crippen molar-refractivity contribution < 1.29 is 9.53 Å². The van der Waals surface area contributed by atoms with E-state index in [0.29, 0.717) is 46.7 Å². The van der Waals surface area contributed by atoms with Crippen molar-refractivity contribution in [3.8, 4) is 0 Å². The number of ether oxygens (including phenoxy) is 1. The molecule has 0 spiro atoms. The lowest BCUT2D eigenvalue weighted by Gasteiger charge is -2.22. The van der Waals surface area contributed by atoms with Gasteiger partial charge in [-0.1, -0.05) is 35.4 Å². The Morgan fingerprint density at radius 3 is 2.70 bits per heavy atom. The van der Waals surface area contributed by atoms with Crippen LogP contribution in [-0.2, 0) is 4.74 Å². The summed E-state index contributed by atoms with van der Waals surface area (Å²) in [4.78, 5) is 14.4. The van der Waals surface area contributed by atoms with Gasteiger partial charge in [-0.25, -0.2) is 0 Å². The third-order valence-electron chi connectivity index (χ3n) is 2.64. The molecule has 1 aromatic carbocycles. The van der Waals surface area contributed by atoms with Crippen molar-refractivity contribution >= 4 is 46.3 Å². The third kappa shape index (κ3) is 5.25. The van der Waals surface area contributed by atoms with Crippen LogP contribution in [0.4, 0.5) is 0 Å². The molecule has 0 aromatic heterocycles. The molecule has 0 fully saturated rings. The third-order valence-corrected chi connectivity index (χ3v) is 3.41. The molecule has 0 aliphatic carbocycles. The smallest absolute Gasteiger partial charge is 0.255 e. The van der Waals surface area contributed by atoms with Gasteiger partial charge < -0.3 is 15.4 Å². The van der Waals surface area contributed by atoms with E-state index in [1.54, 1.807) is 30.2 Å². The normalized spacial score (nSPS) is 10.3. The number of methoxy groups -OCH3 is 1. The van der Waals surface area contributed by atoms with Crippen molar-refractivity contribution in [2.45, 2.75) is 6.42 Å². The molecule has 0 radical (unpaired) electrons. The Hall–Kier alpha value is -0.880. The van der Waals surface area contributed by atoms with Crippen LogP contribution in [0.2, 0.25) is 10.0 Å². The fourth-order valence-electron chi connectivity index (χ4n) is 1.59. The highest BCUT2D eigenvalue weighted by Gasteiger charge is 2.18. The first-order valence-electron chi connectivity index (χ1n) is 5.97. The average Bonchev–Trinajstić information content (AvgIpc) is 2.40. The van der Waals surface area contributed by atoms with Gasteiger partial charge in [-0.2, -0.15) is 0 Å². The minimum atomic E-state index is -0.217. The molecule has 0 atom stereocenters. The summed E-state index contributed by atoms with van der Waals surface area (Å²) in [5.74, 6) is -0.217. The van der Waals surface area contributed by atoms with Gasteiger partial charge in [0.2, 0.25) is 0 Å². The molecule has 7 heteroatoms. The Kier molecular flexibility index (Phi) is 7.23. The van der Waals surface area contributed by atoms with Gasteiger partial charge >= 0.3 is 0 Å². The second-order valence-electron chi connectivity index (χ2n) is 4.13. The molecule has 110 valence electrons. The van der Waals surface area contributed by atoms with Gasteiger partial charge in [0, 0.05) is 31.6 Å². The molecule has 0 heterocycles. The molecule has 2 N–H and O–H groups in total. The Bertz CT molecular complexity index is 497. The van der Waals surface area contributed by atoms with Crippen LogP contribution in [0.25, 0.3) is 0 Å². The number of halogens is 2. The number of thiocarbonyl (C=S) groups is 1. The van der Waals surface area contributed by atoms with E-state index in [0.717, 1.165) is 0 Å². The second-order valence-corrected chi connectivity index (χ2v) is 5.49. The number of hydrogen-bond donors (Lipinski definition) is 1. The number of carbonyl (C=O) groups excluding carboxylic acids is 1. The van der Waals surface area contributed by atoms with Gasteiger partial charge in [0.15, 0.2) is 0 Å². The van der Waals surface area contributed by atoms with Crippen LogP contribution < -0.4 is 5.73 Å². The highest BCUT2D eigenvalue weighted by molar-refractivity contribution is 7.80. The predicted molar refractivity (Wildman–Crippen MR) is 85.6 cm³/mol. The summed E-state index contributed by atoms with van der Waals surface area (Å²) >= 11 is 16.8. The zero-order valence-electron chi connectivity index (χ0n) is 11.1. The molecule has 20 heavy (non-hydrogen) atoms. The first kappa shape index (κ1) is 17.2. The van der Waals surface area contributed by atoms with Gasteiger partial charge in [-0.3, -0.25) is 4.79 Å². The van der Waals surface area contributed by atoms with Crippen LogP contribution in [0.3, 0.4) is 0 Å². The Balaban J connectivity index is 2.90. The minimum absolute atomic E-state index is 0.217. The summed E-state index contributed by atoms with van der Waals surface area (Å²) in [6, 6.07) is 4.78. The largest absolute Gasteiger partial charge is 0.393 e. The van der Waals surface area contributed by atoms with E-state index in [4.69, 9.17) is 45.9 Å².